The van der Waals surface area contributed by atoms with Crippen LogP contribution in [0.5, 0.6) is 0 Å². The fraction of sp³-hybridized carbons (Fsp3) is 0.0526. The lowest BCUT2D eigenvalue weighted by Gasteiger charge is -2.13. The summed E-state index contributed by atoms with van der Waals surface area (Å²) < 4.78 is 43.1. The van der Waals surface area contributed by atoms with Crippen molar-refractivity contribution >= 4 is 22.5 Å². The molecule has 0 N–H and O–H groups in total. The Labute approximate surface area is 151 Å². The van der Waals surface area contributed by atoms with E-state index in [4.69, 9.17) is 11.6 Å². The van der Waals surface area contributed by atoms with Crippen molar-refractivity contribution in [2.75, 3.05) is 0 Å². The van der Waals surface area contributed by atoms with E-state index in [1.165, 1.54) is 0 Å². The molecule has 0 aliphatic carbocycles. The zero-order chi connectivity index (χ0) is 18.4. The minimum Gasteiger partial charge on any atom is -0.277 e. The highest BCUT2D eigenvalue weighted by Crippen LogP contribution is 2.33. The molecular formula is C19H11ClF3N3. The number of hydrogen-bond acceptors (Lipinski definition) is 2. The van der Waals surface area contributed by atoms with Crippen molar-refractivity contribution in [1.82, 2.24) is 14.5 Å². The Morgan fingerprint density at radius 2 is 1.69 bits per heavy atom. The molecule has 0 aliphatic rings. The third-order valence-electron chi connectivity index (χ3n) is 4.08. The molecule has 0 aliphatic heterocycles. The number of pyridine rings is 1. The summed E-state index contributed by atoms with van der Waals surface area (Å²) in [5.74, 6) is -3.15. The van der Waals surface area contributed by atoms with E-state index in [0.29, 0.717) is 29.1 Å². The normalized spacial score (nSPS) is 11.3. The molecule has 2 aromatic carbocycles. The molecule has 0 atom stereocenters. The van der Waals surface area contributed by atoms with Crippen molar-refractivity contribution in [3.8, 4) is 16.9 Å². The SMILES string of the molecule is Cc1nc(Cl)n(-c2c(F)cc(F)cc2F)c1-c1cnc2ccccc2c1. The molecule has 2 heterocycles. The number of aryl methyl sites for hydroxylation is 1. The van der Waals surface area contributed by atoms with E-state index < -0.39 is 23.1 Å². The summed E-state index contributed by atoms with van der Waals surface area (Å²) in [6.07, 6.45) is 1.58. The Bertz CT molecular complexity index is 1130. The fourth-order valence-electron chi connectivity index (χ4n) is 2.99. The van der Waals surface area contributed by atoms with E-state index in [1.807, 2.05) is 30.3 Å². The predicted octanol–water partition coefficient (Wildman–Crippen LogP) is 5.47. The average molecular weight is 374 g/mol. The van der Waals surface area contributed by atoms with Crippen molar-refractivity contribution in [3.63, 3.8) is 0 Å². The molecule has 0 amide bonds. The Morgan fingerprint density at radius 1 is 1.00 bits per heavy atom. The topological polar surface area (TPSA) is 30.7 Å². The van der Waals surface area contributed by atoms with Crippen LogP contribution in [0.15, 0.2) is 48.7 Å². The summed E-state index contributed by atoms with van der Waals surface area (Å²) in [4.78, 5) is 8.49. The van der Waals surface area contributed by atoms with Gasteiger partial charge >= 0.3 is 0 Å². The number of hydrogen-bond donors (Lipinski definition) is 0. The first-order valence-corrected chi connectivity index (χ1v) is 8.08. The molecule has 0 spiro atoms. The van der Waals surface area contributed by atoms with E-state index in [9.17, 15) is 13.2 Å². The minimum atomic E-state index is -1.07. The number of rotatable bonds is 2. The summed E-state index contributed by atoms with van der Waals surface area (Å²) in [5.41, 5.74) is 1.74. The minimum absolute atomic E-state index is 0.130. The standard InChI is InChI=1S/C19H11ClF3N3/c1-10-17(12-6-11-4-2-3-5-16(11)24-9-12)26(19(20)25-10)18-14(22)7-13(21)8-15(18)23/h2-9H,1H3. The van der Waals surface area contributed by atoms with Gasteiger partial charge in [0.15, 0.2) is 11.6 Å². The number of nitrogens with zero attached hydrogens (tertiary/aromatic N) is 3. The lowest BCUT2D eigenvalue weighted by atomic mass is 10.1. The third-order valence-corrected chi connectivity index (χ3v) is 4.33. The van der Waals surface area contributed by atoms with Gasteiger partial charge in [0.1, 0.15) is 11.5 Å². The Morgan fingerprint density at radius 3 is 2.42 bits per heavy atom. The molecule has 0 saturated carbocycles. The van der Waals surface area contributed by atoms with E-state index in [2.05, 4.69) is 9.97 Å². The molecule has 3 nitrogen and oxygen atoms in total. The van der Waals surface area contributed by atoms with E-state index in [1.54, 1.807) is 13.1 Å². The Hall–Kier alpha value is -2.86. The predicted molar refractivity (Wildman–Crippen MR) is 93.9 cm³/mol. The van der Waals surface area contributed by atoms with Gasteiger partial charge in [0.2, 0.25) is 5.28 Å². The fourth-order valence-corrected chi connectivity index (χ4v) is 3.28. The van der Waals surface area contributed by atoms with E-state index in [-0.39, 0.29) is 5.28 Å². The number of benzene rings is 2. The first-order valence-electron chi connectivity index (χ1n) is 7.70. The number of imidazole rings is 1. The molecule has 4 rings (SSSR count). The van der Waals surface area contributed by atoms with Crippen molar-refractivity contribution in [1.29, 1.82) is 0 Å². The molecule has 130 valence electrons. The van der Waals surface area contributed by atoms with Gasteiger partial charge in [-0.15, -0.1) is 0 Å². The summed E-state index contributed by atoms with van der Waals surface area (Å²) in [7, 11) is 0. The van der Waals surface area contributed by atoms with Crippen molar-refractivity contribution < 1.29 is 13.2 Å². The van der Waals surface area contributed by atoms with Crippen LogP contribution in [-0.4, -0.2) is 14.5 Å². The Kier molecular flexibility index (Phi) is 3.92. The highest BCUT2D eigenvalue weighted by Gasteiger charge is 2.23. The lowest BCUT2D eigenvalue weighted by Crippen LogP contribution is -2.05. The first kappa shape index (κ1) is 16.6. The molecule has 0 unspecified atom stereocenters. The highest BCUT2D eigenvalue weighted by atomic mass is 35.5. The van der Waals surface area contributed by atoms with Gasteiger partial charge in [-0.2, -0.15) is 0 Å². The number of halogens is 4. The zero-order valence-corrected chi connectivity index (χ0v) is 14.2. The van der Waals surface area contributed by atoms with E-state index in [0.717, 1.165) is 15.5 Å². The first-order chi connectivity index (χ1) is 12.5. The molecule has 0 bridgehead atoms. The summed E-state index contributed by atoms with van der Waals surface area (Å²) in [6, 6.07) is 10.5. The van der Waals surface area contributed by atoms with Crippen LogP contribution in [0.4, 0.5) is 13.2 Å². The maximum atomic E-state index is 14.3. The van der Waals surface area contributed by atoms with Crippen LogP contribution in [0, 0.1) is 24.4 Å². The van der Waals surface area contributed by atoms with Crippen LogP contribution in [0.1, 0.15) is 5.69 Å². The molecule has 7 heteroatoms. The van der Waals surface area contributed by atoms with Crippen LogP contribution in [0.3, 0.4) is 0 Å². The van der Waals surface area contributed by atoms with Gasteiger partial charge in [-0.1, -0.05) is 18.2 Å². The maximum Gasteiger partial charge on any atom is 0.208 e. The number of aromatic nitrogens is 3. The van der Waals surface area contributed by atoms with Crippen LogP contribution in [0.25, 0.3) is 27.8 Å². The maximum absolute atomic E-state index is 14.3. The molecule has 0 saturated heterocycles. The molecule has 4 aromatic rings. The van der Waals surface area contributed by atoms with Gasteiger partial charge < -0.3 is 0 Å². The summed E-state index contributed by atoms with van der Waals surface area (Å²) in [6.45, 7) is 1.67. The van der Waals surface area contributed by atoms with Gasteiger partial charge in [0, 0.05) is 29.3 Å². The summed E-state index contributed by atoms with van der Waals surface area (Å²) >= 11 is 6.14. The van der Waals surface area contributed by atoms with Crippen molar-refractivity contribution in [3.05, 3.63) is 77.1 Å². The zero-order valence-electron chi connectivity index (χ0n) is 13.5. The summed E-state index contributed by atoms with van der Waals surface area (Å²) in [5, 5.41) is 0.725. The van der Waals surface area contributed by atoms with Gasteiger partial charge in [0.25, 0.3) is 0 Å². The Balaban J connectivity index is 2.01. The van der Waals surface area contributed by atoms with Gasteiger partial charge in [0.05, 0.1) is 16.9 Å². The molecule has 0 radical (unpaired) electrons. The molecule has 0 fully saturated rings. The molecule has 26 heavy (non-hydrogen) atoms. The van der Waals surface area contributed by atoms with Crippen LogP contribution >= 0.6 is 11.6 Å². The van der Waals surface area contributed by atoms with Crippen LogP contribution in [-0.2, 0) is 0 Å². The van der Waals surface area contributed by atoms with Gasteiger partial charge in [-0.25, -0.2) is 18.2 Å². The smallest absolute Gasteiger partial charge is 0.208 e. The third kappa shape index (κ3) is 2.63. The van der Waals surface area contributed by atoms with Gasteiger partial charge in [-0.05, 0) is 30.7 Å². The molecule has 2 aromatic heterocycles. The van der Waals surface area contributed by atoms with Crippen LogP contribution in [0.2, 0.25) is 5.28 Å². The van der Waals surface area contributed by atoms with E-state index >= 15 is 0 Å². The second-order valence-electron chi connectivity index (χ2n) is 5.78. The monoisotopic (exact) mass is 373 g/mol. The lowest BCUT2D eigenvalue weighted by molar-refractivity contribution is 0.534. The number of fused-ring (bicyclic) bond motifs is 1. The second kappa shape index (κ2) is 6.14. The van der Waals surface area contributed by atoms with Crippen molar-refractivity contribution in [2.45, 2.75) is 6.92 Å². The van der Waals surface area contributed by atoms with Crippen molar-refractivity contribution in [2.24, 2.45) is 0 Å². The van der Waals surface area contributed by atoms with Crippen LogP contribution < -0.4 is 0 Å². The highest BCUT2D eigenvalue weighted by molar-refractivity contribution is 6.29. The largest absolute Gasteiger partial charge is 0.277 e. The van der Waals surface area contributed by atoms with Gasteiger partial charge in [-0.3, -0.25) is 9.55 Å². The quantitative estimate of drug-likeness (QED) is 0.466. The second-order valence-corrected chi connectivity index (χ2v) is 6.12. The molecular weight excluding hydrogens is 363 g/mol. The number of para-hydroxylation sites is 1. The average Bonchev–Trinajstić information content (AvgIpc) is 2.88.